The third-order valence-corrected chi connectivity index (χ3v) is 7.60. The molecule has 2 aliphatic heterocycles. The van der Waals surface area contributed by atoms with Gasteiger partial charge in [0.25, 0.3) is 5.91 Å². The molecule has 0 spiro atoms. The van der Waals surface area contributed by atoms with Gasteiger partial charge in [0.2, 0.25) is 5.91 Å². The molecule has 1 N–H and O–H groups in total. The summed E-state index contributed by atoms with van der Waals surface area (Å²) in [7, 11) is 1.57. The lowest BCUT2D eigenvalue weighted by atomic mass is 9.91. The molecule has 3 heterocycles. The number of halogens is 3. The van der Waals surface area contributed by atoms with Crippen LogP contribution in [-0.4, -0.2) is 127 Å². The molecule has 1 aromatic heterocycles. The van der Waals surface area contributed by atoms with E-state index in [1.807, 2.05) is 20.8 Å². The van der Waals surface area contributed by atoms with Crippen molar-refractivity contribution >= 4 is 23.7 Å². The van der Waals surface area contributed by atoms with Crippen LogP contribution in [0.3, 0.4) is 0 Å². The Morgan fingerprint density at radius 3 is 2.33 bits per heavy atom. The average molecular weight is 659 g/mol. The Hall–Kier alpha value is -3.20. The van der Waals surface area contributed by atoms with E-state index < -0.39 is 54.1 Å². The lowest BCUT2D eigenvalue weighted by Crippen LogP contribution is -2.58. The molecule has 0 bridgehead atoms. The third kappa shape index (κ3) is 11.0. The smallest absolute Gasteiger partial charge is 0.410 e. The number of amides is 3. The van der Waals surface area contributed by atoms with Gasteiger partial charge in [0, 0.05) is 64.6 Å². The minimum Gasteiger partial charge on any atom is -0.444 e. The highest BCUT2D eigenvalue weighted by Gasteiger charge is 2.42. The van der Waals surface area contributed by atoms with Crippen molar-refractivity contribution in [3.63, 3.8) is 0 Å². The van der Waals surface area contributed by atoms with Crippen LogP contribution in [0.2, 0.25) is 0 Å². The van der Waals surface area contributed by atoms with Crippen molar-refractivity contribution in [2.45, 2.75) is 84.0 Å². The molecule has 12 nitrogen and oxygen atoms in total. The van der Waals surface area contributed by atoms with Crippen LogP contribution in [0.1, 0.15) is 77.0 Å². The number of nitrogens with zero attached hydrogens (tertiary/aromatic N) is 5. The molecule has 3 rings (SSSR count). The van der Waals surface area contributed by atoms with Crippen LogP contribution in [0.5, 0.6) is 0 Å². The summed E-state index contributed by atoms with van der Waals surface area (Å²) in [5.74, 6) is -1.10. The molecule has 2 fully saturated rings. The zero-order chi connectivity index (χ0) is 34.3. The number of morpholine rings is 1. The maximum atomic E-state index is 14.3. The molecule has 15 heteroatoms. The van der Waals surface area contributed by atoms with Crippen molar-refractivity contribution in [2.24, 2.45) is 5.92 Å². The number of hydrogen-bond donors (Lipinski definition) is 1. The number of alkyl halides is 3. The predicted molar refractivity (Wildman–Crippen MR) is 165 cm³/mol. The first-order valence-corrected chi connectivity index (χ1v) is 15.7. The fraction of sp³-hybridized carbons (Fsp3) is 0.774. The number of piperidine rings is 1. The Labute approximate surface area is 269 Å². The van der Waals surface area contributed by atoms with Crippen molar-refractivity contribution in [1.82, 2.24) is 24.7 Å². The Bertz CT molecular complexity index is 1200. The number of hydrogen-bond acceptors (Lipinski definition) is 9. The Balaban J connectivity index is 2.03. The van der Waals surface area contributed by atoms with Crippen LogP contribution < -0.4 is 5.32 Å². The molecular weight excluding hydrogens is 609 g/mol. The average Bonchev–Trinajstić information content (AvgIpc) is 2.97. The van der Waals surface area contributed by atoms with Gasteiger partial charge >= 0.3 is 12.3 Å². The van der Waals surface area contributed by atoms with Crippen LogP contribution in [-0.2, 0) is 24.4 Å². The maximum Gasteiger partial charge on any atom is 0.410 e. The highest BCUT2D eigenvalue weighted by molar-refractivity contribution is 5.98. The molecule has 2 atom stereocenters. The summed E-state index contributed by atoms with van der Waals surface area (Å²) in [6.45, 7) is 12.3. The second-order valence-electron chi connectivity index (χ2n) is 13.8. The minimum atomic E-state index is -4.56. The van der Waals surface area contributed by atoms with E-state index in [0.29, 0.717) is 51.7 Å². The number of anilines is 1. The lowest BCUT2D eigenvalue weighted by molar-refractivity contribution is -0.144. The van der Waals surface area contributed by atoms with Gasteiger partial charge in [0.05, 0.1) is 31.6 Å². The number of carbonyl (C=O) groups is 3. The molecule has 1 aromatic rings. The molecule has 46 heavy (non-hydrogen) atoms. The molecule has 2 aliphatic rings. The zero-order valence-electron chi connectivity index (χ0n) is 28.0. The molecular formula is C31H49F3N6O6. The number of aromatic nitrogens is 2. The van der Waals surface area contributed by atoms with Crippen molar-refractivity contribution in [3.05, 3.63) is 17.6 Å². The number of carbonyl (C=O) groups excluding carboxylic acids is 3. The van der Waals surface area contributed by atoms with Gasteiger partial charge in [-0.05, 0) is 33.6 Å². The zero-order valence-corrected chi connectivity index (χ0v) is 28.0. The number of rotatable bonds is 10. The molecule has 2 saturated heterocycles. The molecule has 3 amide bonds. The second kappa shape index (κ2) is 15.6. The van der Waals surface area contributed by atoms with Gasteiger partial charge in [-0.1, -0.05) is 20.8 Å². The van der Waals surface area contributed by atoms with E-state index in [2.05, 4.69) is 15.3 Å². The number of likely N-dealkylation sites (tertiary alicyclic amines) is 1. The van der Waals surface area contributed by atoms with Gasteiger partial charge in [-0.25, -0.2) is 14.8 Å². The van der Waals surface area contributed by atoms with Crippen molar-refractivity contribution in [3.8, 4) is 0 Å². The van der Waals surface area contributed by atoms with Crippen LogP contribution >= 0.6 is 0 Å². The van der Waals surface area contributed by atoms with E-state index in [4.69, 9.17) is 14.2 Å². The standard InChI is InChI=1S/C31H49F3N6O6/c1-29(2,3)27-36-18-23(24(37-27)35-10-8-14-44-7)26(42)40(11-9-31(32,33)34)22-17-21(25(41)38-12-15-45-16-13-38)19-39(20-22)28(43)46-30(4,5)6/h18,21-22H,8-17,19-20H2,1-7H3,(H,35,36,37)/t21-,22+/m1/s1. The molecule has 0 aliphatic carbocycles. The first-order valence-electron chi connectivity index (χ1n) is 15.7. The SMILES string of the molecule is COCCCNc1nc(C(C)(C)C)ncc1C(=O)N(CCC(F)(F)F)[C@H]1C[C@@H](C(=O)N2CCOCC2)CN(C(=O)OC(C)(C)C)C1. The fourth-order valence-corrected chi connectivity index (χ4v) is 5.30. The lowest BCUT2D eigenvalue weighted by Gasteiger charge is -2.43. The van der Waals surface area contributed by atoms with Crippen molar-refractivity contribution < 1.29 is 41.8 Å². The highest BCUT2D eigenvalue weighted by atomic mass is 19.4. The minimum absolute atomic E-state index is 0.00182. The summed E-state index contributed by atoms with van der Waals surface area (Å²) < 4.78 is 57.0. The van der Waals surface area contributed by atoms with E-state index in [9.17, 15) is 27.6 Å². The summed E-state index contributed by atoms with van der Waals surface area (Å²) >= 11 is 0. The van der Waals surface area contributed by atoms with E-state index in [1.54, 1.807) is 32.8 Å². The van der Waals surface area contributed by atoms with Gasteiger partial charge in [0.15, 0.2) is 0 Å². The molecule has 260 valence electrons. The normalized spacial score (nSPS) is 19.5. The van der Waals surface area contributed by atoms with E-state index >= 15 is 0 Å². The Morgan fingerprint density at radius 1 is 1.07 bits per heavy atom. The molecule has 0 saturated carbocycles. The largest absolute Gasteiger partial charge is 0.444 e. The summed E-state index contributed by atoms with van der Waals surface area (Å²) in [5.41, 5.74) is -1.32. The van der Waals surface area contributed by atoms with Gasteiger partial charge in [-0.2, -0.15) is 13.2 Å². The summed E-state index contributed by atoms with van der Waals surface area (Å²) in [5, 5.41) is 3.14. The monoisotopic (exact) mass is 658 g/mol. The van der Waals surface area contributed by atoms with Gasteiger partial charge in [-0.3, -0.25) is 9.59 Å². The van der Waals surface area contributed by atoms with Crippen molar-refractivity contribution in [2.75, 3.05) is 71.5 Å². The highest BCUT2D eigenvalue weighted by Crippen LogP contribution is 2.30. The topological polar surface area (TPSA) is 126 Å². The second-order valence-corrected chi connectivity index (χ2v) is 13.8. The van der Waals surface area contributed by atoms with Crippen molar-refractivity contribution in [1.29, 1.82) is 0 Å². The van der Waals surface area contributed by atoms with E-state index in [0.717, 1.165) is 4.90 Å². The Kier molecular flexibility index (Phi) is 12.6. The van der Waals surface area contributed by atoms with Crippen LogP contribution in [0.15, 0.2) is 6.20 Å². The summed E-state index contributed by atoms with van der Waals surface area (Å²) in [6, 6.07) is -0.922. The van der Waals surface area contributed by atoms with Gasteiger partial charge in [-0.15, -0.1) is 0 Å². The van der Waals surface area contributed by atoms with Crippen LogP contribution in [0.4, 0.5) is 23.8 Å². The Morgan fingerprint density at radius 2 is 1.74 bits per heavy atom. The van der Waals surface area contributed by atoms with E-state index in [1.165, 1.54) is 11.1 Å². The van der Waals surface area contributed by atoms with E-state index in [-0.39, 0.29) is 36.8 Å². The number of methoxy groups -OCH3 is 1. The number of ether oxygens (including phenoxy) is 3. The first kappa shape index (κ1) is 37.3. The van der Waals surface area contributed by atoms with Crippen LogP contribution in [0.25, 0.3) is 0 Å². The summed E-state index contributed by atoms with van der Waals surface area (Å²) in [6.07, 6.45) is -4.55. The van der Waals surface area contributed by atoms with Gasteiger partial charge in [0.1, 0.15) is 22.8 Å². The quantitative estimate of drug-likeness (QED) is 0.370. The fourth-order valence-electron chi connectivity index (χ4n) is 5.30. The summed E-state index contributed by atoms with van der Waals surface area (Å²) in [4.78, 5) is 54.3. The third-order valence-electron chi connectivity index (χ3n) is 7.60. The predicted octanol–water partition coefficient (Wildman–Crippen LogP) is 4.10. The first-order chi connectivity index (χ1) is 21.4. The molecule has 0 aromatic carbocycles. The number of nitrogens with one attached hydrogen (secondary N) is 1. The molecule has 0 unspecified atom stereocenters. The molecule has 0 radical (unpaired) electrons. The van der Waals surface area contributed by atoms with Gasteiger partial charge < -0.3 is 34.2 Å². The van der Waals surface area contributed by atoms with Crippen LogP contribution in [0, 0.1) is 5.92 Å². The maximum absolute atomic E-state index is 14.3.